The molecule has 12 nitrogen and oxygen atoms in total. The lowest BCUT2D eigenvalue weighted by Gasteiger charge is -2.26. The number of carbonyl (C=O) groups excluding carboxylic acids is 4. The minimum Gasteiger partial charge on any atom is -0.480 e. The Bertz CT molecular complexity index is 695. The van der Waals surface area contributed by atoms with Gasteiger partial charge < -0.3 is 32.5 Å². The molecule has 0 bridgehead atoms. The highest BCUT2D eigenvalue weighted by Gasteiger charge is 2.34. The van der Waals surface area contributed by atoms with E-state index in [1.54, 1.807) is 0 Å². The quantitative estimate of drug-likeness (QED) is 0.102. The van der Waals surface area contributed by atoms with E-state index < -0.39 is 35.9 Å². The molecule has 0 aromatic rings. The number of carboxylic acid groups (broad SMARTS) is 1. The molecule has 0 aliphatic rings. The number of nitrogens with zero attached hydrogens (tertiary/aromatic N) is 1. The highest BCUT2D eigenvalue weighted by atomic mass is 19.2. The van der Waals surface area contributed by atoms with Gasteiger partial charge in [-0.3, -0.25) is 19.2 Å². The maximum atomic E-state index is 15.1. The molecule has 0 saturated carbocycles. The average Bonchev–Trinajstić information content (AvgIpc) is 2.78. The van der Waals surface area contributed by atoms with Crippen LogP contribution < -0.4 is 27.4 Å². The fourth-order valence-corrected chi connectivity index (χ4v) is 3.28. The summed E-state index contributed by atoms with van der Waals surface area (Å²) in [6.07, 6.45) is 2.92. The molecule has 0 aliphatic carbocycles. The maximum Gasteiger partial charge on any atom is 0.326 e. The lowest BCUT2D eigenvalue weighted by Crippen LogP contribution is -2.53. The van der Waals surface area contributed by atoms with Crippen LogP contribution in [0, 0.1) is 0 Å². The standard InChI is InChI=1S/C22H41FN6O6/c1-15(30)26-13-7-4-9-17(25)21(33)29(23)19(11-5-8-14-27-16(2)31)20(32)28-18(22(34)35)10-3-6-12-24/h17-19H,3-14,24-25H2,1-2H3,(H,26,30)(H,27,31)(H,28,32)(H,34,35)/t17-,18-,19-/m0/s1. The number of hydrogen-bond donors (Lipinski definition) is 6. The second-order valence-electron chi connectivity index (χ2n) is 8.41. The SMILES string of the molecule is CC(=O)NCCCC[C@H](N)C(=O)N(F)[C@@H](CCCCNC(C)=O)C(=O)N[C@@H](CCCCN)C(=O)O. The average molecular weight is 505 g/mol. The molecule has 4 amide bonds. The van der Waals surface area contributed by atoms with Crippen molar-refractivity contribution in [3.63, 3.8) is 0 Å². The van der Waals surface area contributed by atoms with E-state index >= 15 is 4.48 Å². The molecule has 0 rings (SSSR count). The summed E-state index contributed by atoms with van der Waals surface area (Å²) in [5.74, 6) is -3.70. The normalized spacial score (nSPS) is 13.3. The van der Waals surface area contributed by atoms with E-state index in [-0.39, 0.29) is 36.2 Å². The summed E-state index contributed by atoms with van der Waals surface area (Å²) in [4.78, 5) is 58.8. The zero-order valence-corrected chi connectivity index (χ0v) is 20.7. The van der Waals surface area contributed by atoms with Gasteiger partial charge in [0.1, 0.15) is 12.1 Å². The molecule has 0 radical (unpaired) electrons. The van der Waals surface area contributed by atoms with Crippen molar-refractivity contribution in [2.45, 2.75) is 89.8 Å². The van der Waals surface area contributed by atoms with E-state index in [0.717, 1.165) is 0 Å². The molecule has 0 unspecified atom stereocenters. The number of amides is 4. The van der Waals surface area contributed by atoms with E-state index in [4.69, 9.17) is 11.5 Å². The van der Waals surface area contributed by atoms with Gasteiger partial charge in [-0.05, 0) is 64.3 Å². The highest BCUT2D eigenvalue weighted by Crippen LogP contribution is 2.14. The molecule has 35 heavy (non-hydrogen) atoms. The fraction of sp³-hybridized carbons (Fsp3) is 0.773. The molecule has 8 N–H and O–H groups in total. The van der Waals surface area contributed by atoms with Gasteiger partial charge in [0.25, 0.3) is 5.91 Å². The summed E-state index contributed by atoms with van der Waals surface area (Å²) in [5.41, 5.74) is 11.3. The number of carboxylic acids is 1. The Hall–Kier alpha value is -2.80. The van der Waals surface area contributed by atoms with Gasteiger partial charge in [-0.15, -0.1) is 0 Å². The number of nitrogens with two attached hydrogens (primary N) is 2. The van der Waals surface area contributed by atoms with E-state index in [9.17, 15) is 29.1 Å². The Morgan fingerprint density at radius 2 is 1.37 bits per heavy atom. The maximum absolute atomic E-state index is 15.1. The van der Waals surface area contributed by atoms with Crippen molar-refractivity contribution in [3.05, 3.63) is 0 Å². The zero-order chi connectivity index (χ0) is 26.8. The van der Waals surface area contributed by atoms with Gasteiger partial charge in [-0.2, -0.15) is 5.12 Å². The van der Waals surface area contributed by atoms with Gasteiger partial charge >= 0.3 is 5.97 Å². The van der Waals surface area contributed by atoms with Crippen molar-refractivity contribution in [2.24, 2.45) is 11.5 Å². The third kappa shape index (κ3) is 14.9. The number of carbonyl (C=O) groups is 5. The summed E-state index contributed by atoms with van der Waals surface area (Å²) in [6.45, 7) is 3.81. The van der Waals surface area contributed by atoms with Crippen molar-refractivity contribution in [2.75, 3.05) is 19.6 Å². The van der Waals surface area contributed by atoms with Gasteiger partial charge in [0.15, 0.2) is 0 Å². The molecule has 0 spiro atoms. The first kappa shape index (κ1) is 32.2. The first-order valence-electron chi connectivity index (χ1n) is 12.0. The summed E-state index contributed by atoms with van der Waals surface area (Å²) in [5, 5.41) is 16.7. The smallest absolute Gasteiger partial charge is 0.326 e. The Kier molecular flexibility index (Phi) is 17.0. The van der Waals surface area contributed by atoms with Crippen LogP contribution in [0.4, 0.5) is 4.48 Å². The summed E-state index contributed by atoms with van der Waals surface area (Å²) < 4.78 is 15.1. The molecule has 0 saturated heterocycles. The number of unbranched alkanes of at least 4 members (excludes halogenated alkanes) is 3. The molecule has 0 aromatic heterocycles. The fourth-order valence-electron chi connectivity index (χ4n) is 3.28. The Labute approximate surface area is 205 Å². The van der Waals surface area contributed by atoms with E-state index in [0.29, 0.717) is 58.2 Å². The molecule has 0 aromatic carbocycles. The highest BCUT2D eigenvalue weighted by molar-refractivity contribution is 5.91. The first-order chi connectivity index (χ1) is 16.5. The monoisotopic (exact) mass is 504 g/mol. The largest absolute Gasteiger partial charge is 0.480 e. The lowest BCUT2D eigenvalue weighted by molar-refractivity contribution is -0.161. The molecule has 0 aliphatic heterocycles. The number of hydrogen-bond acceptors (Lipinski definition) is 7. The topological polar surface area (TPSA) is 197 Å². The van der Waals surface area contributed by atoms with Crippen molar-refractivity contribution in [3.8, 4) is 0 Å². The Morgan fingerprint density at radius 3 is 1.86 bits per heavy atom. The molecule has 202 valence electrons. The third-order valence-electron chi connectivity index (χ3n) is 5.26. The van der Waals surface area contributed by atoms with Crippen molar-refractivity contribution < 1.29 is 33.6 Å². The van der Waals surface area contributed by atoms with Crippen LogP contribution in [0.2, 0.25) is 0 Å². The first-order valence-corrected chi connectivity index (χ1v) is 12.0. The van der Waals surface area contributed by atoms with Gasteiger partial charge in [0, 0.05) is 26.9 Å². The summed E-state index contributed by atoms with van der Waals surface area (Å²) in [7, 11) is 0. The minimum absolute atomic E-state index is 0.0853. The van der Waals surface area contributed by atoms with Gasteiger partial charge in [0.2, 0.25) is 17.7 Å². The van der Waals surface area contributed by atoms with Crippen LogP contribution in [0.25, 0.3) is 0 Å². The Morgan fingerprint density at radius 1 is 0.857 bits per heavy atom. The molecular formula is C22H41FN6O6. The van der Waals surface area contributed by atoms with Gasteiger partial charge in [-0.1, -0.05) is 4.48 Å². The van der Waals surface area contributed by atoms with Crippen molar-refractivity contribution >= 4 is 29.6 Å². The second kappa shape index (κ2) is 18.5. The second-order valence-corrected chi connectivity index (χ2v) is 8.41. The van der Waals surface area contributed by atoms with Crippen LogP contribution in [0.1, 0.15) is 71.6 Å². The van der Waals surface area contributed by atoms with Crippen LogP contribution in [0.5, 0.6) is 0 Å². The number of aliphatic carboxylic acids is 1. The molecule has 0 heterocycles. The number of halogens is 1. The van der Waals surface area contributed by atoms with E-state index in [1.807, 2.05) is 0 Å². The van der Waals surface area contributed by atoms with Crippen LogP contribution in [-0.2, 0) is 24.0 Å². The van der Waals surface area contributed by atoms with E-state index in [2.05, 4.69) is 16.0 Å². The number of rotatable bonds is 19. The molecule has 0 fully saturated rings. The molecule has 3 atom stereocenters. The summed E-state index contributed by atoms with van der Waals surface area (Å²) in [6, 6.07) is -4.02. The van der Waals surface area contributed by atoms with Crippen LogP contribution in [0.15, 0.2) is 0 Å². The number of nitrogens with one attached hydrogen (secondary N) is 3. The van der Waals surface area contributed by atoms with Crippen LogP contribution >= 0.6 is 0 Å². The Balaban J connectivity index is 5.15. The predicted octanol–water partition coefficient (Wildman–Crippen LogP) is -0.293. The van der Waals surface area contributed by atoms with Gasteiger partial charge in [0.05, 0.1) is 6.04 Å². The van der Waals surface area contributed by atoms with Gasteiger partial charge in [-0.25, -0.2) is 4.79 Å². The molecular weight excluding hydrogens is 463 g/mol. The third-order valence-corrected chi connectivity index (χ3v) is 5.26. The molecule has 13 heteroatoms. The summed E-state index contributed by atoms with van der Waals surface area (Å²) >= 11 is 0. The van der Waals surface area contributed by atoms with E-state index in [1.165, 1.54) is 13.8 Å². The van der Waals surface area contributed by atoms with Crippen molar-refractivity contribution in [1.29, 1.82) is 0 Å². The predicted molar refractivity (Wildman–Crippen MR) is 127 cm³/mol. The van der Waals surface area contributed by atoms with Crippen LogP contribution in [-0.4, -0.2) is 77.6 Å². The van der Waals surface area contributed by atoms with Crippen LogP contribution in [0.3, 0.4) is 0 Å². The zero-order valence-electron chi connectivity index (χ0n) is 20.7. The van der Waals surface area contributed by atoms with Crippen molar-refractivity contribution in [1.82, 2.24) is 21.1 Å². The minimum atomic E-state index is -1.57. The lowest BCUT2D eigenvalue weighted by atomic mass is 10.0.